The zero-order valence-corrected chi connectivity index (χ0v) is 15.8. The standard InChI is InChI=1S/C20H26O5S/c1-2-3-4-5-6-10-13-17-18(25-16-11-8-7-9-12-16)14-15-19(20(17)21)26(22,23)24/h7-9,11-12,14-15,21H,2-6,10,13H2,1H3,(H,22,23,24). The predicted octanol–water partition coefficient (Wildman–Crippen LogP) is 5.33. The van der Waals surface area contributed by atoms with Gasteiger partial charge in [0.2, 0.25) is 0 Å². The second-order valence-corrected chi connectivity index (χ2v) is 7.69. The van der Waals surface area contributed by atoms with Gasteiger partial charge in [0.25, 0.3) is 10.1 Å². The summed E-state index contributed by atoms with van der Waals surface area (Å²) in [5.74, 6) is 0.555. The van der Waals surface area contributed by atoms with Crippen molar-refractivity contribution in [2.24, 2.45) is 0 Å². The lowest BCUT2D eigenvalue weighted by molar-refractivity contribution is 0.422. The van der Waals surface area contributed by atoms with Gasteiger partial charge in [-0.05, 0) is 37.1 Å². The van der Waals surface area contributed by atoms with Crippen LogP contribution < -0.4 is 4.74 Å². The number of hydrogen-bond donors (Lipinski definition) is 2. The molecule has 5 nitrogen and oxygen atoms in total. The maximum Gasteiger partial charge on any atom is 0.298 e. The Hall–Kier alpha value is -2.05. The highest BCUT2D eigenvalue weighted by Crippen LogP contribution is 2.37. The molecule has 0 spiro atoms. The fourth-order valence-electron chi connectivity index (χ4n) is 2.84. The molecule has 2 aromatic rings. The smallest absolute Gasteiger partial charge is 0.298 e. The summed E-state index contributed by atoms with van der Waals surface area (Å²) in [5.41, 5.74) is 0.402. The van der Waals surface area contributed by atoms with Gasteiger partial charge in [-0.1, -0.05) is 57.2 Å². The van der Waals surface area contributed by atoms with Crippen LogP contribution in [0, 0.1) is 0 Å². The van der Waals surface area contributed by atoms with E-state index in [1.54, 1.807) is 12.1 Å². The number of aromatic hydroxyl groups is 1. The molecule has 0 aliphatic carbocycles. The molecule has 0 atom stereocenters. The first kappa shape index (κ1) is 20.3. The first-order chi connectivity index (χ1) is 12.4. The van der Waals surface area contributed by atoms with Crippen LogP contribution in [-0.4, -0.2) is 18.1 Å². The lowest BCUT2D eigenvalue weighted by atomic mass is 10.0. The Morgan fingerprint density at radius 2 is 1.58 bits per heavy atom. The Labute approximate surface area is 155 Å². The van der Waals surface area contributed by atoms with E-state index in [1.807, 2.05) is 18.2 Å². The predicted molar refractivity (Wildman–Crippen MR) is 102 cm³/mol. The van der Waals surface area contributed by atoms with Crippen molar-refractivity contribution in [2.75, 3.05) is 0 Å². The molecule has 2 aromatic carbocycles. The normalized spacial score (nSPS) is 11.5. The zero-order chi connectivity index (χ0) is 19.0. The van der Waals surface area contributed by atoms with E-state index < -0.39 is 20.8 Å². The number of phenolic OH excluding ortho intramolecular Hbond substituents is 1. The van der Waals surface area contributed by atoms with Crippen LogP contribution in [0.4, 0.5) is 0 Å². The van der Waals surface area contributed by atoms with E-state index in [-0.39, 0.29) is 0 Å². The van der Waals surface area contributed by atoms with Crippen molar-refractivity contribution in [1.82, 2.24) is 0 Å². The Kier molecular flexibility index (Phi) is 7.48. The summed E-state index contributed by atoms with van der Waals surface area (Å²) in [6.07, 6.45) is 6.90. The average molecular weight is 378 g/mol. The number of para-hydroxylation sites is 1. The summed E-state index contributed by atoms with van der Waals surface area (Å²) >= 11 is 0. The molecule has 0 amide bonds. The van der Waals surface area contributed by atoms with Crippen LogP contribution in [0.3, 0.4) is 0 Å². The minimum absolute atomic E-state index is 0.398. The molecule has 2 rings (SSSR count). The number of ether oxygens (including phenoxy) is 1. The van der Waals surface area contributed by atoms with Crippen molar-refractivity contribution in [3.8, 4) is 17.2 Å². The summed E-state index contributed by atoms with van der Waals surface area (Å²) in [7, 11) is -4.49. The van der Waals surface area contributed by atoms with E-state index in [1.165, 1.54) is 25.3 Å². The summed E-state index contributed by atoms with van der Waals surface area (Å²) in [5, 5.41) is 10.4. The molecule has 0 aromatic heterocycles. The van der Waals surface area contributed by atoms with E-state index in [9.17, 15) is 18.1 Å². The third kappa shape index (κ3) is 5.75. The van der Waals surface area contributed by atoms with Crippen LogP contribution in [-0.2, 0) is 16.5 Å². The van der Waals surface area contributed by atoms with Crippen molar-refractivity contribution in [3.63, 3.8) is 0 Å². The lowest BCUT2D eigenvalue weighted by Crippen LogP contribution is -2.02. The Morgan fingerprint density at radius 3 is 2.23 bits per heavy atom. The van der Waals surface area contributed by atoms with Crippen LogP contribution in [0.1, 0.15) is 51.0 Å². The first-order valence-electron chi connectivity index (χ1n) is 8.98. The van der Waals surface area contributed by atoms with Gasteiger partial charge >= 0.3 is 0 Å². The molecule has 26 heavy (non-hydrogen) atoms. The van der Waals surface area contributed by atoms with E-state index in [2.05, 4.69) is 6.92 Å². The molecule has 0 aliphatic rings. The lowest BCUT2D eigenvalue weighted by Gasteiger charge is -2.15. The summed E-state index contributed by atoms with van der Waals surface area (Å²) in [6, 6.07) is 11.7. The van der Waals surface area contributed by atoms with E-state index in [0.29, 0.717) is 23.5 Å². The molecule has 142 valence electrons. The Balaban J connectivity index is 2.22. The highest BCUT2D eigenvalue weighted by atomic mass is 32.2. The van der Waals surface area contributed by atoms with E-state index in [0.717, 1.165) is 25.3 Å². The van der Waals surface area contributed by atoms with E-state index >= 15 is 0 Å². The van der Waals surface area contributed by atoms with Gasteiger partial charge in [-0.15, -0.1) is 0 Å². The van der Waals surface area contributed by atoms with Crippen molar-refractivity contribution in [3.05, 3.63) is 48.0 Å². The van der Waals surface area contributed by atoms with Gasteiger partial charge in [0.15, 0.2) is 0 Å². The third-order valence-corrected chi connectivity index (χ3v) is 5.12. The number of rotatable bonds is 10. The van der Waals surface area contributed by atoms with Crippen molar-refractivity contribution in [1.29, 1.82) is 0 Å². The second-order valence-electron chi connectivity index (χ2n) is 6.30. The van der Waals surface area contributed by atoms with Crippen LogP contribution >= 0.6 is 0 Å². The fourth-order valence-corrected chi connectivity index (χ4v) is 3.45. The van der Waals surface area contributed by atoms with Gasteiger partial charge in [0.1, 0.15) is 22.1 Å². The van der Waals surface area contributed by atoms with Gasteiger partial charge in [-0.2, -0.15) is 8.42 Å². The summed E-state index contributed by atoms with van der Waals surface area (Å²) in [6.45, 7) is 2.16. The Bertz CT molecular complexity index is 800. The first-order valence-corrected chi connectivity index (χ1v) is 10.4. The zero-order valence-electron chi connectivity index (χ0n) is 15.0. The minimum Gasteiger partial charge on any atom is -0.506 e. The molecular formula is C20H26O5S. The number of phenols is 1. The largest absolute Gasteiger partial charge is 0.506 e. The molecule has 0 fully saturated rings. The van der Waals surface area contributed by atoms with Gasteiger partial charge in [-0.25, -0.2) is 0 Å². The maximum atomic E-state index is 11.5. The molecule has 2 N–H and O–H groups in total. The maximum absolute atomic E-state index is 11.5. The molecule has 0 saturated heterocycles. The fraction of sp³-hybridized carbons (Fsp3) is 0.400. The van der Waals surface area contributed by atoms with Crippen LogP contribution in [0.25, 0.3) is 0 Å². The molecule has 6 heteroatoms. The van der Waals surface area contributed by atoms with Gasteiger partial charge in [0.05, 0.1) is 0 Å². The van der Waals surface area contributed by atoms with Gasteiger partial charge in [-0.3, -0.25) is 4.55 Å². The molecule has 0 bridgehead atoms. The highest BCUT2D eigenvalue weighted by Gasteiger charge is 2.21. The van der Waals surface area contributed by atoms with Crippen LogP contribution in [0.15, 0.2) is 47.4 Å². The summed E-state index contributed by atoms with van der Waals surface area (Å²) in [4.78, 5) is -0.487. The number of benzene rings is 2. The molecule has 0 radical (unpaired) electrons. The minimum atomic E-state index is -4.49. The average Bonchev–Trinajstić information content (AvgIpc) is 2.60. The highest BCUT2D eigenvalue weighted by molar-refractivity contribution is 7.86. The molecule has 0 aliphatic heterocycles. The molecule has 0 heterocycles. The SMILES string of the molecule is CCCCCCCCc1c(Oc2ccccc2)ccc(S(=O)(=O)O)c1O. The van der Waals surface area contributed by atoms with Crippen LogP contribution in [0.5, 0.6) is 17.2 Å². The topological polar surface area (TPSA) is 83.8 Å². The number of hydrogen-bond acceptors (Lipinski definition) is 4. The third-order valence-electron chi connectivity index (χ3n) is 4.23. The van der Waals surface area contributed by atoms with Gasteiger partial charge in [0, 0.05) is 5.56 Å². The Morgan fingerprint density at radius 1 is 0.923 bits per heavy atom. The molecule has 0 saturated carbocycles. The molecular weight excluding hydrogens is 352 g/mol. The van der Waals surface area contributed by atoms with Crippen molar-refractivity contribution in [2.45, 2.75) is 56.8 Å². The summed E-state index contributed by atoms with van der Waals surface area (Å²) < 4.78 is 38.1. The monoisotopic (exact) mass is 378 g/mol. The quantitative estimate of drug-likeness (QED) is 0.431. The van der Waals surface area contributed by atoms with Crippen LogP contribution in [0.2, 0.25) is 0 Å². The van der Waals surface area contributed by atoms with Gasteiger partial charge < -0.3 is 9.84 Å². The number of unbranched alkanes of at least 4 members (excludes halogenated alkanes) is 5. The van der Waals surface area contributed by atoms with E-state index in [4.69, 9.17) is 4.74 Å². The van der Waals surface area contributed by atoms with Crippen molar-refractivity contribution >= 4 is 10.1 Å². The molecule has 0 unspecified atom stereocenters. The second kappa shape index (κ2) is 9.59. The van der Waals surface area contributed by atoms with Crippen molar-refractivity contribution < 1.29 is 22.8 Å².